The van der Waals surface area contributed by atoms with Gasteiger partial charge in [0.15, 0.2) is 0 Å². The van der Waals surface area contributed by atoms with E-state index in [1.807, 2.05) is 45.0 Å². The largest absolute Gasteiger partial charge is 0.416 e. The van der Waals surface area contributed by atoms with Gasteiger partial charge in [-0.3, -0.25) is 13.9 Å². The van der Waals surface area contributed by atoms with Crippen molar-refractivity contribution >= 4 is 27.5 Å². The maximum Gasteiger partial charge on any atom is 0.416 e. The molecule has 0 saturated heterocycles. The molecule has 11 heteroatoms. The molecule has 7 nitrogen and oxygen atoms in total. The van der Waals surface area contributed by atoms with Gasteiger partial charge in [0.25, 0.3) is 0 Å². The SMILES string of the molecule is CCCCNC(=O)[C@@H](CC)N(Cc1ccc(C)cc1)C(=O)CCCN(c1cccc(C(F)(F)F)c1)S(C)(=O)=O. The Morgan fingerprint density at radius 3 is 2.26 bits per heavy atom. The minimum Gasteiger partial charge on any atom is -0.354 e. The number of nitrogens with zero attached hydrogens (tertiary/aromatic N) is 2. The summed E-state index contributed by atoms with van der Waals surface area (Å²) >= 11 is 0. The number of hydrogen-bond acceptors (Lipinski definition) is 4. The minimum absolute atomic E-state index is 0.0560. The number of carbonyl (C=O) groups excluding carboxylic acids is 2. The molecule has 1 N–H and O–H groups in total. The fourth-order valence-corrected chi connectivity index (χ4v) is 5.11. The second kappa shape index (κ2) is 14.3. The first-order valence-corrected chi connectivity index (χ1v) is 14.9. The molecule has 39 heavy (non-hydrogen) atoms. The Balaban J connectivity index is 2.23. The van der Waals surface area contributed by atoms with Crippen LogP contribution < -0.4 is 9.62 Å². The zero-order valence-corrected chi connectivity index (χ0v) is 23.7. The first-order valence-electron chi connectivity index (χ1n) is 13.1. The van der Waals surface area contributed by atoms with Crippen LogP contribution in [0, 0.1) is 6.92 Å². The van der Waals surface area contributed by atoms with Crippen molar-refractivity contribution in [1.82, 2.24) is 10.2 Å². The van der Waals surface area contributed by atoms with Crippen LogP contribution in [0.25, 0.3) is 0 Å². The zero-order valence-electron chi connectivity index (χ0n) is 22.9. The molecule has 0 aliphatic heterocycles. The van der Waals surface area contributed by atoms with Crippen LogP contribution in [0.4, 0.5) is 18.9 Å². The van der Waals surface area contributed by atoms with Gasteiger partial charge in [0.05, 0.1) is 17.5 Å². The quantitative estimate of drug-likeness (QED) is 0.314. The lowest BCUT2D eigenvalue weighted by atomic mass is 10.1. The van der Waals surface area contributed by atoms with Gasteiger partial charge in [-0.15, -0.1) is 0 Å². The van der Waals surface area contributed by atoms with E-state index in [1.54, 1.807) is 0 Å². The summed E-state index contributed by atoms with van der Waals surface area (Å²) in [6.07, 6.45) is -1.65. The van der Waals surface area contributed by atoms with Gasteiger partial charge in [-0.05, 0) is 49.9 Å². The average molecular weight is 570 g/mol. The van der Waals surface area contributed by atoms with Crippen LogP contribution in [0.15, 0.2) is 48.5 Å². The van der Waals surface area contributed by atoms with E-state index in [0.29, 0.717) is 13.0 Å². The fourth-order valence-electron chi connectivity index (χ4n) is 4.16. The van der Waals surface area contributed by atoms with Crippen LogP contribution in [0.5, 0.6) is 0 Å². The van der Waals surface area contributed by atoms with E-state index >= 15 is 0 Å². The Kier molecular flexibility index (Phi) is 11.8. The van der Waals surface area contributed by atoms with Gasteiger partial charge in [0, 0.05) is 26.1 Å². The van der Waals surface area contributed by atoms with Crippen LogP contribution >= 0.6 is 0 Å². The number of unbranched alkanes of at least 4 members (excludes halogenated alkanes) is 1. The van der Waals surface area contributed by atoms with Crippen LogP contribution in [-0.4, -0.2) is 50.5 Å². The van der Waals surface area contributed by atoms with Gasteiger partial charge in [-0.25, -0.2) is 8.42 Å². The van der Waals surface area contributed by atoms with E-state index in [0.717, 1.165) is 52.7 Å². The standard InChI is InChI=1S/C28H38F3N3O4S/c1-5-7-17-32-27(36)25(6-2)33(20-22-15-13-21(3)14-16-22)26(35)12-9-18-34(39(4,37)38)24-11-8-10-23(19-24)28(29,30)31/h8,10-11,13-16,19,25H,5-7,9,12,17-18,20H2,1-4H3,(H,32,36)/t25-/m1/s1. The summed E-state index contributed by atoms with van der Waals surface area (Å²) in [4.78, 5) is 27.9. The number of anilines is 1. The molecular formula is C28H38F3N3O4S. The number of alkyl halides is 3. The maximum absolute atomic E-state index is 13.4. The molecule has 0 aliphatic rings. The van der Waals surface area contributed by atoms with Crippen molar-refractivity contribution in [3.8, 4) is 0 Å². The molecule has 0 saturated carbocycles. The second-order valence-electron chi connectivity index (χ2n) is 9.56. The number of aryl methyl sites for hydroxylation is 1. The summed E-state index contributed by atoms with van der Waals surface area (Å²) in [5, 5.41) is 2.89. The molecule has 0 unspecified atom stereocenters. The number of halogens is 3. The summed E-state index contributed by atoms with van der Waals surface area (Å²) in [5.41, 5.74) is 0.804. The van der Waals surface area contributed by atoms with Crippen molar-refractivity contribution < 1.29 is 31.2 Å². The number of hydrogen-bond donors (Lipinski definition) is 1. The molecule has 0 aliphatic carbocycles. The molecule has 0 fully saturated rings. The molecule has 2 amide bonds. The molecule has 0 radical (unpaired) electrons. The summed E-state index contributed by atoms with van der Waals surface area (Å²) < 4.78 is 65.3. The Hall–Kier alpha value is -3.08. The molecule has 2 aromatic carbocycles. The lowest BCUT2D eigenvalue weighted by Gasteiger charge is -2.31. The van der Waals surface area contributed by atoms with Gasteiger partial charge in [-0.1, -0.05) is 56.2 Å². The van der Waals surface area contributed by atoms with Crippen molar-refractivity contribution in [3.05, 3.63) is 65.2 Å². The maximum atomic E-state index is 13.4. The van der Waals surface area contributed by atoms with Crippen LogP contribution in [0.3, 0.4) is 0 Å². The Morgan fingerprint density at radius 1 is 1.03 bits per heavy atom. The van der Waals surface area contributed by atoms with E-state index in [1.165, 1.54) is 11.0 Å². The number of nitrogens with one attached hydrogen (secondary N) is 1. The normalized spacial score (nSPS) is 12.6. The van der Waals surface area contributed by atoms with Gasteiger partial charge in [0.2, 0.25) is 21.8 Å². The lowest BCUT2D eigenvalue weighted by Crippen LogP contribution is -2.49. The van der Waals surface area contributed by atoms with E-state index in [9.17, 15) is 31.2 Å². The Labute approximate surface area is 229 Å². The molecule has 1 atom stereocenters. The minimum atomic E-state index is -4.63. The third kappa shape index (κ3) is 9.87. The molecule has 216 valence electrons. The highest BCUT2D eigenvalue weighted by atomic mass is 32.2. The zero-order chi connectivity index (χ0) is 29.2. The van der Waals surface area contributed by atoms with Gasteiger partial charge in [0.1, 0.15) is 6.04 Å². The molecule has 2 rings (SSSR count). The van der Waals surface area contributed by atoms with E-state index in [-0.39, 0.29) is 43.4 Å². The third-order valence-electron chi connectivity index (χ3n) is 6.30. The monoisotopic (exact) mass is 569 g/mol. The first-order chi connectivity index (χ1) is 18.3. The Bertz CT molecular complexity index is 1200. The van der Waals surface area contributed by atoms with Gasteiger partial charge < -0.3 is 10.2 Å². The highest BCUT2D eigenvalue weighted by molar-refractivity contribution is 7.92. The van der Waals surface area contributed by atoms with Crippen molar-refractivity contribution in [2.75, 3.05) is 23.7 Å². The van der Waals surface area contributed by atoms with Gasteiger partial charge >= 0.3 is 6.18 Å². The Morgan fingerprint density at radius 2 is 1.69 bits per heavy atom. The fraction of sp³-hybridized carbons (Fsp3) is 0.500. The lowest BCUT2D eigenvalue weighted by molar-refractivity contribution is -0.141. The average Bonchev–Trinajstić information content (AvgIpc) is 2.86. The van der Waals surface area contributed by atoms with Crippen LogP contribution in [0.2, 0.25) is 0 Å². The highest BCUT2D eigenvalue weighted by Gasteiger charge is 2.32. The molecule has 0 spiro atoms. The van der Waals surface area contributed by atoms with E-state index < -0.39 is 27.8 Å². The van der Waals surface area contributed by atoms with Crippen molar-refractivity contribution in [2.24, 2.45) is 0 Å². The van der Waals surface area contributed by atoms with E-state index in [4.69, 9.17) is 0 Å². The highest BCUT2D eigenvalue weighted by Crippen LogP contribution is 2.32. The van der Waals surface area contributed by atoms with Crippen LogP contribution in [-0.2, 0) is 32.3 Å². The number of sulfonamides is 1. The van der Waals surface area contributed by atoms with Crippen molar-refractivity contribution in [3.63, 3.8) is 0 Å². The molecule has 0 bridgehead atoms. The first kappa shape index (κ1) is 32.1. The van der Waals surface area contributed by atoms with Crippen molar-refractivity contribution in [1.29, 1.82) is 0 Å². The van der Waals surface area contributed by atoms with Gasteiger partial charge in [-0.2, -0.15) is 13.2 Å². The molecule has 2 aromatic rings. The van der Waals surface area contributed by atoms with E-state index in [2.05, 4.69) is 5.32 Å². The predicted molar refractivity (Wildman–Crippen MR) is 147 cm³/mol. The second-order valence-corrected chi connectivity index (χ2v) is 11.5. The molecule has 0 heterocycles. The molecular weight excluding hydrogens is 531 g/mol. The number of amides is 2. The third-order valence-corrected chi connectivity index (χ3v) is 7.50. The summed E-state index contributed by atoms with van der Waals surface area (Å²) in [6, 6.07) is 11.0. The topological polar surface area (TPSA) is 86.8 Å². The summed E-state index contributed by atoms with van der Waals surface area (Å²) in [6.45, 7) is 6.28. The van der Waals surface area contributed by atoms with Crippen LogP contribution in [0.1, 0.15) is 62.6 Å². The summed E-state index contributed by atoms with van der Waals surface area (Å²) in [5.74, 6) is -0.598. The number of benzene rings is 2. The molecule has 0 aromatic heterocycles. The summed E-state index contributed by atoms with van der Waals surface area (Å²) in [7, 11) is -3.92. The predicted octanol–water partition coefficient (Wildman–Crippen LogP) is 5.28. The van der Waals surface area contributed by atoms with Crippen molar-refractivity contribution in [2.45, 2.75) is 71.6 Å². The number of rotatable bonds is 14. The smallest absolute Gasteiger partial charge is 0.354 e. The number of carbonyl (C=O) groups is 2.